The van der Waals surface area contributed by atoms with Crippen molar-refractivity contribution in [3.8, 4) is 5.75 Å². The van der Waals surface area contributed by atoms with Gasteiger partial charge in [-0.2, -0.15) is 18.7 Å². The molecule has 2 aromatic rings. The molecule has 1 aliphatic heterocycles. The van der Waals surface area contributed by atoms with Gasteiger partial charge in [0, 0.05) is 29.8 Å². The van der Waals surface area contributed by atoms with Gasteiger partial charge in [0.15, 0.2) is 18.2 Å². The van der Waals surface area contributed by atoms with Crippen molar-refractivity contribution < 1.29 is 26.9 Å². The van der Waals surface area contributed by atoms with Crippen LogP contribution in [0.15, 0.2) is 30.5 Å². The molecular formula is C22H25F3N4O3S. The molecule has 1 aromatic carbocycles. The van der Waals surface area contributed by atoms with Crippen molar-refractivity contribution >= 4 is 29.1 Å². The van der Waals surface area contributed by atoms with Crippen LogP contribution < -0.4 is 15.5 Å². The average Bonchev–Trinajstić information content (AvgIpc) is 3.65. The number of para-hydroxylation sites is 1. The van der Waals surface area contributed by atoms with E-state index in [4.69, 9.17) is 18.7 Å². The fourth-order valence-corrected chi connectivity index (χ4v) is 3.68. The molecule has 7 nitrogen and oxygen atoms in total. The lowest BCUT2D eigenvalue weighted by Crippen LogP contribution is -2.20. The molecule has 0 unspecified atom stereocenters. The highest BCUT2D eigenvalue weighted by Gasteiger charge is 2.30. The van der Waals surface area contributed by atoms with Crippen LogP contribution in [0.25, 0.3) is 5.57 Å². The van der Waals surface area contributed by atoms with E-state index < -0.39 is 12.8 Å². The Labute approximate surface area is 194 Å². The fraction of sp³-hybridized carbons (Fsp3) is 0.455. The third-order valence-corrected chi connectivity index (χ3v) is 5.48. The molecule has 0 amide bonds. The first-order chi connectivity index (χ1) is 15.9. The standard InChI is InChI=1S/C22H25F3N4O3S/c1-33-32-27-12-19-21(26-11-18(28-19)15-5-6-15)29-17-4-2-3-16(14-7-9-30-10-8-14)20(17)31-13-22(23,24)25/h2-4,7,11,15,27H,5-6,8-10,12-13H2,1H3,(H,26,29). The summed E-state index contributed by atoms with van der Waals surface area (Å²) < 4.78 is 54.8. The Morgan fingerprint density at radius 1 is 1.27 bits per heavy atom. The number of halogens is 3. The Morgan fingerprint density at radius 2 is 2.12 bits per heavy atom. The minimum atomic E-state index is -4.47. The number of anilines is 2. The van der Waals surface area contributed by atoms with Crippen LogP contribution >= 0.6 is 12.0 Å². The van der Waals surface area contributed by atoms with E-state index in [0.29, 0.717) is 48.3 Å². The molecular weight excluding hydrogens is 457 g/mol. The van der Waals surface area contributed by atoms with Gasteiger partial charge < -0.3 is 14.8 Å². The van der Waals surface area contributed by atoms with Crippen molar-refractivity contribution in [1.29, 1.82) is 0 Å². The van der Waals surface area contributed by atoms with Crippen LogP contribution in [-0.2, 0) is 15.6 Å². The minimum Gasteiger partial charge on any atom is -0.481 e. The lowest BCUT2D eigenvalue weighted by Gasteiger charge is -2.21. The van der Waals surface area contributed by atoms with E-state index in [1.807, 2.05) is 6.08 Å². The van der Waals surface area contributed by atoms with E-state index >= 15 is 0 Å². The van der Waals surface area contributed by atoms with Crippen LogP contribution in [0.2, 0.25) is 0 Å². The van der Waals surface area contributed by atoms with Crippen molar-refractivity contribution in [2.45, 2.75) is 37.9 Å². The predicted molar refractivity (Wildman–Crippen MR) is 120 cm³/mol. The summed E-state index contributed by atoms with van der Waals surface area (Å²) in [6.45, 7) is -0.213. The third-order valence-electron chi connectivity index (χ3n) is 5.20. The second-order valence-electron chi connectivity index (χ2n) is 7.70. The average molecular weight is 483 g/mol. The number of benzene rings is 1. The molecule has 0 radical (unpaired) electrons. The summed E-state index contributed by atoms with van der Waals surface area (Å²) in [6, 6.07) is 5.20. The van der Waals surface area contributed by atoms with E-state index in [1.165, 1.54) is 0 Å². The summed E-state index contributed by atoms with van der Waals surface area (Å²) in [4.78, 5) is 9.22. The first kappa shape index (κ1) is 23.8. The molecule has 1 saturated carbocycles. The molecule has 1 fully saturated rings. The fourth-order valence-electron chi connectivity index (χ4n) is 3.50. The van der Waals surface area contributed by atoms with Gasteiger partial charge in [-0.3, -0.25) is 4.98 Å². The molecule has 11 heteroatoms. The van der Waals surface area contributed by atoms with Crippen LogP contribution in [0.3, 0.4) is 0 Å². The number of aromatic nitrogens is 2. The molecule has 2 aliphatic rings. The third kappa shape index (κ3) is 6.59. The number of ether oxygens (including phenoxy) is 2. The lowest BCUT2D eigenvalue weighted by molar-refractivity contribution is -0.153. The smallest absolute Gasteiger partial charge is 0.422 e. The van der Waals surface area contributed by atoms with Gasteiger partial charge in [0.05, 0.1) is 43.0 Å². The summed E-state index contributed by atoms with van der Waals surface area (Å²) in [7, 11) is 0. The van der Waals surface area contributed by atoms with Crippen LogP contribution in [0, 0.1) is 0 Å². The van der Waals surface area contributed by atoms with E-state index in [-0.39, 0.29) is 12.3 Å². The van der Waals surface area contributed by atoms with Crippen molar-refractivity contribution in [3.63, 3.8) is 0 Å². The Balaban J connectivity index is 1.67. The number of hydrogen-bond donors (Lipinski definition) is 2. The predicted octanol–water partition coefficient (Wildman–Crippen LogP) is 5.14. The van der Waals surface area contributed by atoms with Gasteiger partial charge in [0.25, 0.3) is 0 Å². The SMILES string of the molecule is CSONCc1nc(C2CC2)cnc1Nc1cccc(C2=CCOCC2)c1OCC(F)(F)F. The van der Waals surface area contributed by atoms with E-state index in [0.717, 1.165) is 36.2 Å². The molecule has 2 heterocycles. The molecule has 33 heavy (non-hydrogen) atoms. The van der Waals surface area contributed by atoms with Gasteiger partial charge in [-0.1, -0.05) is 18.2 Å². The topological polar surface area (TPSA) is 77.5 Å². The maximum absolute atomic E-state index is 13.0. The van der Waals surface area contributed by atoms with Crippen molar-refractivity contribution in [2.75, 3.05) is 31.4 Å². The van der Waals surface area contributed by atoms with Crippen molar-refractivity contribution in [2.24, 2.45) is 0 Å². The highest BCUT2D eigenvalue weighted by atomic mass is 32.2. The summed E-state index contributed by atoms with van der Waals surface area (Å²) >= 11 is 1.16. The van der Waals surface area contributed by atoms with Crippen LogP contribution in [0.4, 0.5) is 24.7 Å². The monoisotopic (exact) mass is 482 g/mol. The first-order valence-corrected chi connectivity index (χ1v) is 11.7. The van der Waals surface area contributed by atoms with Gasteiger partial charge in [0.2, 0.25) is 0 Å². The van der Waals surface area contributed by atoms with Crippen molar-refractivity contribution in [1.82, 2.24) is 15.4 Å². The van der Waals surface area contributed by atoms with Crippen LogP contribution in [0.1, 0.15) is 42.1 Å². The molecule has 0 atom stereocenters. The molecule has 0 bridgehead atoms. The van der Waals surface area contributed by atoms with E-state index in [9.17, 15) is 13.2 Å². The quantitative estimate of drug-likeness (QED) is 0.274. The van der Waals surface area contributed by atoms with Gasteiger partial charge in [-0.25, -0.2) is 9.27 Å². The molecule has 2 N–H and O–H groups in total. The molecule has 1 aromatic heterocycles. The lowest BCUT2D eigenvalue weighted by atomic mass is 9.99. The van der Waals surface area contributed by atoms with Gasteiger partial charge in [-0.15, -0.1) is 0 Å². The highest BCUT2D eigenvalue weighted by Crippen LogP contribution is 2.41. The summed E-state index contributed by atoms with van der Waals surface area (Å²) in [5, 5.41) is 3.14. The zero-order chi connectivity index (χ0) is 23.3. The van der Waals surface area contributed by atoms with E-state index in [2.05, 4.69) is 15.8 Å². The van der Waals surface area contributed by atoms with E-state index in [1.54, 1.807) is 30.7 Å². The van der Waals surface area contributed by atoms with Gasteiger partial charge in [-0.05, 0) is 30.9 Å². The van der Waals surface area contributed by atoms with Gasteiger partial charge in [0.1, 0.15) is 0 Å². The van der Waals surface area contributed by atoms with Crippen LogP contribution in [-0.4, -0.2) is 42.2 Å². The van der Waals surface area contributed by atoms with Gasteiger partial charge >= 0.3 is 6.18 Å². The normalized spacial score (nSPS) is 16.4. The molecule has 1 aliphatic carbocycles. The Bertz CT molecular complexity index is 999. The second kappa shape index (κ2) is 10.7. The summed E-state index contributed by atoms with van der Waals surface area (Å²) in [5.41, 5.74) is 6.17. The summed E-state index contributed by atoms with van der Waals surface area (Å²) in [5.74, 6) is 0.947. The number of alkyl halides is 3. The zero-order valence-electron chi connectivity index (χ0n) is 18.1. The van der Waals surface area contributed by atoms with Crippen molar-refractivity contribution in [3.05, 3.63) is 47.4 Å². The maximum atomic E-state index is 13.0. The molecule has 4 rings (SSSR count). The Morgan fingerprint density at radius 3 is 2.82 bits per heavy atom. The Kier molecular flexibility index (Phi) is 7.74. The number of hydroxylamine groups is 1. The largest absolute Gasteiger partial charge is 0.481 e. The maximum Gasteiger partial charge on any atom is 0.422 e. The molecule has 0 saturated heterocycles. The minimum absolute atomic E-state index is 0.121. The Hall–Kier alpha value is -2.34. The second-order valence-corrected chi connectivity index (χ2v) is 8.20. The van der Waals surface area contributed by atoms with Crippen LogP contribution in [0.5, 0.6) is 5.75 Å². The molecule has 0 spiro atoms. The molecule has 178 valence electrons. The number of rotatable bonds is 10. The zero-order valence-corrected chi connectivity index (χ0v) is 18.9. The first-order valence-electron chi connectivity index (χ1n) is 10.6. The number of hydrogen-bond acceptors (Lipinski definition) is 8. The number of nitrogens with one attached hydrogen (secondary N) is 2. The summed E-state index contributed by atoms with van der Waals surface area (Å²) in [6.07, 6.45) is 3.62. The highest BCUT2D eigenvalue weighted by molar-refractivity contribution is 7.93. The number of nitrogens with zero attached hydrogens (tertiary/aromatic N) is 2.